The predicted octanol–water partition coefficient (Wildman–Crippen LogP) is 9.36. The zero-order chi connectivity index (χ0) is 32.4. The van der Waals surface area contributed by atoms with Crippen LogP contribution in [0.2, 0.25) is 0 Å². The number of benzene rings is 3. The fourth-order valence-electron chi connectivity index (χ4n) is 7.89. The van der Waals surface area contributed by atoms with Crippen LogP contribution in [0.5, 0.6) is 11.5 Å². The fourth-order valence-corrected chi connectivity index (χ4v) is 7.89. The molecule has 2 atom stereocenters. The number of aryl methyl sites for hydroxylation is 2. The van der Waals surface area contributed by atoms with Crippen molar-refractivity contribution in [1.29, 1.82) is 0 Å². The van der Waals surface area contributed by atoms with Gasteiger partial charge in [-0.2, -0.15) is 0 Å². The van der Waals surface area contributed by atoms with Crippen LogP contribution in [0.4, 0.5) is 0 Å². The van der Waals surface area contributed by atoms with E-state index < -0.39 is 0 Å². The quantitative estimate of drug-likeness (QED) is 0.198. The standard InChI is InChI=1S/C41H38N4O2/c1-22-13-30-29-9-8-10-31-37(29)45(38(30)43-19-22)33-18-34(23(2)14-32(33)41(31,6)7)46-27-16-25(20-42-21-27)39-44-36-28-12-11-26(40(3,4)5)15-24(28)17-35(36)47-39/h8-16,18-21,35-36H,17H2,1-7H3/t35-,36+/m0/s1. The molecule has 6 aromatic rings. The van der Waals surface area contributed by atoms with Gasteiger partial charge >= 0.3 is 0 Å². The normalized spacial score (nSPS) is 18.9. The van der Waals surface area contributed by atoms with Crippen molar-refractivity contribution in [3.63, 3.8) is 0 Å². The van der Waals surface area contributed by atoms with Crippen LogP contribution in [0.3, 0.4) is 0 Å². The van der Waals surface area contributed by atoms with Crippen molar-refractivity contribution < 1.29 is 9.47 Å². The highest BCUT2D eigenvalue weighted by atomic mass is 16.5. The SMILES string of the molecule is Cc1cnc2c(c1)c1cccc3c1n2-c1cc(Oc2cncc(C4=N[C@@H]5c6ccc(C(C)(C)C)cc6C[C@@H]5O4)c2)c(C)cc1C3(C)C. The Labute approximate surface area is 275 Å². The van der Waals surface area contributed by atoms with Crippen LogP contribution in [-0.4, -0.2) is 26.5 Å². The highest BCUT2D eigenvalue weighted by Gasteiger charge is 2.40. The van der Waals surface area contributed by atoms with Crippen LogP contribution < -0.4 is 4.74 Å². The van der Waals surface area contributed by atoms with Crippen LogP contribution in [0, 0.1) is 13.8 Å². The van der Waals surface area contributed by atoms with Gasteiger partial charge in [-0.3, -0.25) is 9.55 Å². The van der Waals surface area contributed by atoms with Crippen molar-refractivity contribution in [2.75, 3.05) is 0 Å². The van der Waals surface area contributed by atoms with Crippen LogP contribution in [-0.2, 0) is 22.0 Å². The molecule has 234 valence electrons. The third-order valence-electron chi connectivity index (χ3n) is 10.5. The maximum atomic E-state index is 6.62. The Hall–Kier alpha value is -4.97. The van der Waals surface area contributed by atoms with Crippen LogP contribution in [0.25, 0.3) is 27.6 Å². The molecule has 47 heavy (non-hydrogen) atoms. The summed E-state index contributed by atoms with van der Waals surface area (Å²) in [4.78, 5) is 14.5. The molecule has 0 spiro atoms. The molecule has 3 aromatic heterocycles. The van der Waals surface area contributed by atoms with Gasteiger partial charge in [0.05, 0.1) is 23.0 Å². The predicted molar refractivity (Wildman–Crippen MR) is 187 cm³/mol. The monoisotopic (exact) mass is 618 g/mol. The molecule has 5 heterocycles. The highest BCUT2D eigenvalue weighted by Crippen LogP contribution is 2.49. The Morgan fingerprint density at radius 3 is 2.60 bits per heavy atom. The van der Waals surface area contributed by atoms with Crippen LogP contribution in [0.1, 0.15) is 85.2 Å². The minimum Gasteiger partial charge on any atom is -0.471 e. The summed E-state index contributed by atoms with van der Waals surface area (Å²) in [5.41, 5.74) is 12.8. The van der Waals surface area contributed by atoms with E-state index in [1.54, 1.807) is 6.20 Å². The van der Waals surface area contributed by atoms with Crippen molar-refractivity contribution in [3.8, 4) is 17.2 Å². The van der Waals surface area contributed by atoms with Crippen molar-refractivity contribution in [2.24, 2.45) is 4.99 Å². The molecule has 0 bridgehead atoms. The minimum absolute atomic E-state index is 0.0124. The second-order valence-electron chi connectivity index (χ2n) is 15.1. The number of rotatable bonds is 3. The molecule has 3 aliphatic rings. The van der Waals surface area contributed by atoms with Gasteiger partial charge in [-0.1, -0.05) is 71.0 Å². The molecule has 6 heteroatoms. The summed E-state index contributed by atoms with van der Waals surface area (Å²) in [6.45, 7) is 15.6. The first-order valence-corrected chi connectivity index (χ1v) is 16.5. The molecule has 3 aromatic carbocycles. The number of hydrogen-bond acceptors (Lipinski definition) is 5. The van der Waals surface area contributed by atoms with E-state index in [4.69, 9.17) is 19.5 Å². The average Bonchev–Trinajstić information content (AvgIpc) is 3.70. The molecule has 1 aliphatic carbocycles. The summed E-state index contributed by atoms with van der Waals surface area (Å²) in [7, 11) is 0. The number of pyridine rings is 2. The Balaban J connectivity index is 1.08. The molecule has 0 unspecified atom stereocenters. The van der Waals surface area contributed by atoms with E-state index in [1.807, 2.05) is 18.5 Å². The number of nitrogens with zero attached hydrogens (tertiary/aromatic N) is 4. The maximum absolute atomic E-state index is 6.62. The van der Waals surface area contributed by atoms with Gasteiger partial charge < -0.3 is 9.47 Å². The van der Waals surface area contributed by atoms with E-state index in [-0.39, 0.29) is 23.0 Å². The van der Waals surface area contributed by atoms with Gasteiger partial charge in [-0.15, -0.1) is 0 Å². The van der Waals surface area contributed by atoms with Gasteiger partial charge in [0.25, 0.3) is 0 Å². The van der Waals surface area contributed by atoms with Gasteiger partial charge in [0, 0.05) is 41.1 Å². The van der Waals surface area contributed by atoms with Gasteiger partial charge in [0.15, 0.2) is 0 Å². The third-order valence-corrected chi connectivity index (χ3v) is 10.5. The fraction of sp³-hybridized carbons (Fsp3) is 0.293. The number of aliphatic imine (C=N–C) groups is 1. The molecular weight excluding hydrogens is 580 g/mol. The van der Waals surface area contributed by atoms with E-state index in [0.717, 1.165) is 40.2 Å². The van der Waals surface area contributed by atoms with Crippen molar-refractivity contribution in [2.45, 2.75) is 77.9 Å². The lowest BCUT2D eigenvalue weighted by Crippen LogP contribution is -2.26. The number of fused-ring (bicyclic) bond motifs is 8. The summed E-state index contributed by atoms with van der Waals surface area (Å²) in [6, 6.07) is 22.2. The first-order chi connectivity index (χ1) is 22.5. The number of ether oxygens (including phenoxy) is 2. The van der Waals surface area contributed by atoms with E-state index in [0.29, 0.717) is 11.6 Å². The second-order valence-corrected chi connectivity index (χ2v) is 15.1. The number of para-hydroxylation sites is 1. The molecule has 0 saturated heterocycles. The summed E-state index contributed by atoms with van der Waals surface area (Å²) < 4.78 is 15.4. The lowest BCUT2D eigenvalue weighted by molar-refractivity contribution is 0.206. The molecule has 0 N–H and O–H groups in total. The number of aromatic nitrogens is 3. The lowest BCUT2D eigenvalue weighted by Gasteiger charge is -2.35. The van der Waals surface area contributed by atoms with Crippen LogP contribution in [0.15, 0.2) is 84.2 Å². The zero-order valence-corrected chi connectivity index (χ0v) is 28.0. The Bertz CT molecular complexity index is 2340. The lowest BCUT2D eigenvalue weighted by atomic mass is 9.74. The Morgan fingerprint density at radius 2 is 1.77 bits per heavy atom. The van der Waals surface area contributed by atoms with Crippen molar-refractivity contribution in [1.82, 2.24) is 14.5 Å². The molecule has 0 fully saturated rings. The van der Waals surface area contributed by atoms with Crippen LogP contribution >= 0.6 is 0 Å². The van der Waals surface area contributed by atoms with E-state index in [9.17, 15) is 0 Å². The van der Waals surface area contributed by atoms with Gasteiger partial charge in [-0.25, -0.2) is 9.98 Å². The van der Waals surface area contributed by atoms with E-state index in [2.05, 4.69) is 113 Å². The smallest absolute Gasteiger partial charge is 0.218 e. The van der Waals surface area contributed by atoms with Gasteiger partial charge in [0.1, 0.15) is 29.3 Å². The Morgan fingerprint density at radius 1 is 0.915 bits per heavy atom. The largest absolute Gasteiger partial charge is 0.471 e. The van der Waals surface area contributed by atoms with Gasteiger partial charge in [0.2, 0.25) is 5.90 Å². The number of hydrogen-bond donors (Lipinski definition) is 0. The average molecular weight is 619 g/mol. The van der Waals surface area contributed by atoms with Gasteiger partial charge in [-0.05, 0) is 76.4 Å². The second kappa shape index (κ2) is 9.54. The minimum atomic E-state index is -0.192. The molecule has 0 amide bonds. The maximum Gasteiger partial charge on any atom is 0.218 e. The molecule has 0 radical (unpaired) electrons. The Kier molecular flexibility index (Phi) is 5.74. The third kappa shape index (κ3) is 4.13. The van der Waals surface area contributed by atoms with E-state index >= 15 is 0 Å². The molecule has 9 rings (SSSR count). The highest BCUT2D eigenvalue weighted by molar-refractivity contribution is 6.10. The van der Waals surface area contributed by atoms with Crippen molar-refractivity contribution >= 4 is 27.8 Å². The zero-order valence-electron chi connectivity index (χ0n) is 28.0. The summed E-state index contributed by atoms with van der Waals surface area (Å²) >= 11 is 0. The molecular formula is C41H38N4O2. The summed E-state index contributed by atoms with van der Waals surface area (Å²) in [5.74, 6) is 2.07. The first-order valence-electron chi connectivity index (χ1n) is 16.5. The van der Waals surface area contributed by atoms with E-state index in [1.165, 1.54) is 44.1 Å². The summed E-state index contributed by atoms with van der Waals surface area (Å²) in [6.07, 6.45) is 6.40. The first kappa shape index (κ1) is 28.3. The molecule has 6 nitrogen and oxygen atoms in total. The summed E-state index contributed by atoms with van der Waals surface area (Å²) in [5, 5.41) is 2.40. The topological polar surface area (TPSA) is 61.5 Å². The molecule has 0 saturated carbocycles. The molecule has 2 aliphatic heterocycles. The van der Waals surface area contributed by atoms with Crippen molar-refractivity contribution in [3.05, 3.63) is 124 Å².